The number of Topliss-reactive ketones (excluding diaryl/α,β-unsaturated/α-hetero) is 1. The van der Waals surface area contributed by atoms with Crippen LogP contribution >= 0.6 is 0 Å². The number of hydrogen-bond donors (Lipinski definition) is 2. The molecule has 0 aliphatic heterocycles. The van der Waals surface area contributed by atoms with Crippen LogP contribution in [0.4, 0.5) is 0 Å². The van der Waals surface area contributed by atoms with Crippen molar-refractivity contribution in [3.8, 4) is 0 Å². The number of rotatable bonds is 5. The van der Waals surface area contributed by atoms with E-state index in [-0.39, 0.29) is 25.2 Å². The predicted octanol–water partition coefficient (Wildman–Crippen LogP) is 1.25. The van der Waals surface area contributed by atoms with Crippen LogP contribution in [0.1, 0.15) is 29.2 Å². The maximum absolute atomic E-state index is 11.1. The fourth-order valence-electron chi connectivity index (χ4n) is 1.81. The van der Waals surface area contributed by atoms with Crippen molar-refractivity contribution >= 4 is 11.8 Å². The van der Waals surface area contributed by atoms with Gasteiger partial charge >= 0.3 is 5.97 Å². The van der Waals surface area contributed by atoms with Crippen molar-refractivity contribution in [2.24, 2.45) is 0 Å². The van der Waals surface area contributed by atoms with Crippen LogP contribution in [0.5, 0.6) is 0 Å². The van der Waals surface area contributed by atoms with Gasteiger partial charge in [-0.1, -0.05) is 12.1 Å². The molecule has 17 heavy (non-hydrogen) atoms. The van der Waals surface area contributed by atoms with E-state index in [0.717, 1.165) is 11.1 Å². The predicted molar refractivity (Wildman–Crippen MR) is 62.8 cm³/mol. The van der Waals surface area contributed by atoms with E-state index in [4.69, 9.17) is 5.11 Å². The molecule has 0 aromatic heterocycles. The summed E-state index contributed by atoms with van der Waals surface area (Å²) in [5.41, 5.74) is 2.87. The van der Waals surface area contributed by atoms with Crippen LogP contribution in [-0.4, -0.2) is 22.0 Å². The zero-order valence-electron chi connectivity index (χ0n) is 9.99. The van der Waals surface area contributed by atoms with Crippen molar-refractivity contribution in [2.75, 3.05) is 0 Å². The first-order valence-electron chi connectivity index (χ1n) is 5.37. The number of hydrogen-bond acceptors (Lipinski definition) is 3. The Kier molecular flexibility index (Phi) is 4.40. The van der Waals surface area contributed by atoms with Gasteiger partial charge in [0.25, 0.3) is 0 Å². The number of carboxylic acid groups (broad SMARTS) is 1. The molecule has 0 heterocycles. The van der Waals surface area contributed by atoms with Crippen molar-refractivity contribution in [3.63, 3.8) is 0 Å². The Labute approximate surface area is 99.9 Å². The number of benzene rings is 1. The lowest BCUT2D eigenvalue weighted by Gasteiger charge is -2.11. The Morgan fingerprint density at radius 2 is 1.76 bits per heavy atom. The molecule has 0 saturated heterocycles. The van der Waals surface area contributed by atoms with Gasteiger partial charge in [-0.3, -0.25) is 9.59 Å². The Hall–Kier alpha value is -1.68. The fraction of sp³-hybridized carbons (Fsp3) is 0.385. The second-order valence-electron chi connectivity index (χ2n) is 4.15. The zero-order valence-corrected chi connectivity index (χ0v) is 9.99. The number of aliphatic hydroxyl groups excluding tert-OH is 1. The lowest BCUT2D eigenvalue weighted by atomic mass is 9.95. The molecule has 1 rings (SSSR count). The molecule has 0 aliphatic rings. The molecule has 0 fully saturated rings. The van der Waals surface area contributed by atoms with Gasteiger partial charge in [0, 0.05) is 6.42 Å². The minimum absolute atomic E-state index is 0.0130. The van der Waals surface area contributed by atoms with Crippen LogP contribution in [0.15, 0.2) is 12.1 Å². The average molecular weight is 236 g/mol. The summed E-state index contributed by atoms with van der Waals surface area (Å²) < 4.78 is 0. The standard InChI is InChI=1S/C13H16O4/c1-8(15)3-10-4-11(6-13(16)17)9(2)12(5-10)7-14/h4-5,14H,3,6-7H2,1-2H3,(H,16,17). The molecule has 0 radical (unpaired) electrons. The summed E-state index contributed by atoms with van der Waals surface area (Å²) in [6, 6.07) is 3.48. The molecule has 1 aromatic rings. The highest BCUT2D eigenvalue weighted by Gasteiger charge is 2.10. The molecule has 0 spiro atoms. The third-order valence-electron chi connectivity index (χ3n) is 2.65. The zero-order chi connectivity index (χ0) is 13.0. The maximum Gasteiger partial charge on any atom is 0.307 e. The highest BCUT2D eigenvalue weighted by Crippen LogP contribution is 2.18. The van der Waals surface area contributed by atoms with E-state index in [1.807, 2.05) is 0 Å². The highest BCUT2D eigenvalue weighted by atomic mass is 16.4. The Bertz CT molecular complexity index is 449. The van der Waals surface area contributed by atoms with Crippen LogP contribution in [0.25, 0.3) is 0 Å². The van der Waals surface area contributed by atoms with E-state index in [9.17, 15) is 14.7 Å². The lowest BCUT2D eigenvalue weighted by Crippen LogP contribution is -2.07. The number of aliphatic carboxylic acids is 1. The molecule has 0 atom stereocenters. The molecule has 1 aromatic carbocycles. The topological polar surface area (TPSA) is 74.6 Å². The van der Waals surface area contributed by atoms with Crippen molar-refractivity contribution in [2.45, 2.75) is 33.3 Å². The van der Waals surface area contributed by atoms with Gasteiger partial charge in [0.05, 0.1) is 13.0 Å². The Balaban J connectivity index is 3.17. The summed E-state index contributed by atoms with van der Waals surface area (Å²) in [7, 11) is 0. The minimum Gasteiger partial charge on any atom is -0.481 e. The SMILES string of the molecule is CC(=O)Cc1cc(CO)c(C)c(CC(=O)O)c1. The number of ketones is 1. The first kappa shape index (κ1) is 13.4. The molecule has 4 heteroatoms. The summed E-state index contributed by atoms with van der Waals surface area (Å²) in [6.07, 6.45) is 0.171. The first-order chi connectivity index (χ1) is 7.93. The van der Waals surface area contributed by atoms with Gasteiger partial charge in [0.2, 0.25) is 0 Å². The molecule has 92 valence electrons. The second-order valence-corrected chi connectivity index (χ2v) is 4.15. The molecular weight excluding hydrogens is 220 g/mol. The monoisotopic (exact) mass is 236 g/mol. The molecule has 4 nitrogen and oxygen atoms in total. The van der Waals surface area contributed by atoms with Crippen LogP contribution in [-0.2, 0) is 29.0 Å². The quantitative estimate of drug-likeness (QED) is 0.806. The molecular formula is C13H16O4. The van der Waals surface area contributed by atoms with Gasteiger partial charge in [-0.05, 0) is 36.1 Å². The van der Waals surface area contributed by atoms with Gasteiger partial charge in [-0.15, -0.1) is 0 Å². The molecule has 0 amide bonds. The number of carbonyl (C=O) groups is 2. The normalized spacial score (nSPS) is 10.3. The fourth-order valence-corrected chi connectivity index (χ4v) is 1.81. The molecule has 2 N–H and O–H groups in total. The lowest BCUT2D eigenvalue weighted by molar-refractivity contribution is -0.136. The van der Waals surface area contributed by atoms with Crippen molar-refractivity contribution in [1.82, 2.24) is 0 Å². The summed E-state index contributed by atoms with van der Waals surface area (Å²) in [5, 5.41) is 18.0. The third-order valence-corrected chi connectivity index (χ3v) is 2.65. The molecule has 0 bridgehead atoms. The van der Waals surface area contributed by atoms with E-state index in [0.29, 0.717) is 11.1 Å². The number of aliphatic hydroxyl groups is 1. The average Bonchev–Trinajstić information content (AvgIpc) is 2.21. The second kappa shape index (κ2) is 5.59. The summed E-state index contributed by atoms with van der Waals surface area (Å²) in [4.78, 5) is 21.8. The largest absolute Gasteiger partial charge is 0.481 e. The van der Waals surface area contributed by atoms with Gasteiger partial charge in [0.1, 0.15) is 5.78 Å². The number of carbonyl (C=O) groups excluding carboxylic acids is 1. The van der Waals surface area contributed by atoms with E-state index in [1.165, 1.54) is 6.92 Å². The summed E-state index contributed by atoms with van der Waals surface area (Å²) in [5.74, 6) is -0.906. The third kappa shape index (κ3) is 3.67. The number of carboxylic acids is 1. The Morgan fingerprint density at radius 1 is 1.18 bits per heavy atom. The van der Waals surface area contributed by atoms with Gasteiger partial charge in [-0.2, -0.15) is 0 Å². The van der Waals surface area contributed by atoms with Gasteiger partial charge in [-0.25, -0.2) is 0 Å². The van der Waals surface area contributed by atoms with Crippen LogP contribution in [0.3, 0.4) is 0 Å². The van der Waals surface area contributed by atoms with Gasteiger partial charge in [0.15, 0.2) is 0 Å². The van der Waals surface area contributed by atoms with E-state index in [1.54, 1.807) is 19.1 Å². The van der Waals surface area contributed by atoms with Gasteiger partial charge < -0.3 is 10.2 Å². The smallest absolute Gasteiger partial charge is 0.307 e. The Morgan fingerprint density at radius 3 is 2.24 bits per heavy atom. The van der Waals surface area contributed by atoms with Crippen molar-refractivity contribution < 1.29 is 19.8 Å². The maximum atomic E-state index is 11.1. The summed E-state index contributed by atoms with van der Waals surface area (Å²) >= 11 is 0. The highest BCUT2D eigenvalue weighted by molar-refractivity contribution is 5.78. The molecule has 0 unspecified atom stereocenters. The minimum atomic E-state index is -0.919. The first-order valence-corrected chi connectivity index (χ1v) is 5.37. The summed E-state index contributed by atoms with van der Waals surface area (Å²) in [6.45, 7) is 3.11. The van der Waals surface area contributed by atoms with Crippen LogP contribution < -0.4 is 0 Å². The molecule has 0 saturated carbocycles. The van der Waals surface area contributed by atoms with E-state index >= 15 is 0 Å². The molecule has 0 aliphatic carbocycles. The van der Waals surface area contributed by atoms with Crippen LogP contribution in [0, 0.1) is 6.92 Å². The van der Waals surface area contributed by atoms with Crippen LogP contribution in [0.2, 0.25) is 0 Å². The van der Waals surface area contributed by atoms with E-state index < -0.39 is 5.97 Å². The van der Waals surface area contributed by atoms with Crippen molar-refractivity contribution in [3.05, 3.63) is 34.4 Å². The van der Waals surface area contributed by atoms with Crippen molar-refractivity contribution in [1.29, 1.82) is 0 Å². The van der Waals surface area contributed by atoms with E-state index in [2.05, 4.69) is 0 Å².